The Bertz CT molecular complexity index is 414. The van der Waals surface area contributed by atoms with Crippen LogP contribution in [-0.2, 0) is 0 Å². The zero-order chi connectivity index (χ0) is 13.1. The monoisotopic (exact) mass is 251 g/mol. The maximum Gasteiger partial charge on any atom is 0.318 e. The van der Waals surface area contributed by atoms with Gasteiger partial charge in [0.2, 0.25) is 0 Å². The topological polar surface area (TPSA) is 58.4 Å². The van der Waals surface area contributed by atoms with Crippen LogP contribution in [0.5, 0.6) is 0 Å². The number of hydrogen-bond acceptors (Lipinski definition) is 3. The Morgan fingerprint density at radius 1 is 1.67 bits per heavy atom. The summed E-state index contributed by atoms with van der Waals surface area (Å²) in [6, 6.07) is 2.01. The second-order valence-corrected chi connectivity index (χ2v) is 5.00. The van der Waals surface area contributed by atoms with Gasteiger partial charge >= 0.3 is 6.03 Å². The number of aromatic nitrogens is 1. The normalized spacial score (nSPS) is 19.6. The van der Waals surface area contributed by atoms with Crippen LogP contribution in [0, 0.1) is 0 Å². The third kappa shape index (κ3) is 2.49. The molecule has 0 aromatic carbocycles. The molecule has 100 valence electrons. The van der Waals surface area contributed by atoms with Gasteiger partial charge in [0.25, 0.3) is 0 Å². The Morgan fingerprint density at radius 3 is 3.06 bits per heavy atom. The number of urea groups is 1. The van der Waals surface area contributed by atoms with E-state index in [1.807, 2.05) is 17.9 Å². The molecule has 0 unspecified atom stereocenters. The van der Waals surface area contributed by atoms with Crippen molar-refractivity contribution in [2.24, 2.45) is 0 Å². The predicted octanol–water partition coefficient (Wildman–Crippen LogP) is 2.66. The van der Waals surface area contributed by atoms with E-state index >= 15 is 0 Å². The molecule has 18 heavy (non-hydrogen) atoms. The number of nitrogens with one attached hydrogen (secondary N) is 1. The number of likely N-dealkylation sites (tertiary alicyclic amines) is 1. The molecule has 1 aromatic rings. The SMILES string of the molecule is CCNC(=O)N1CCC[C@@H]1c1cc(C(C)C)no1. The van der Waals surface area contributed by atoms with Gasteiger partial charge in [-0.25, -0.2) is 4.79 Å². The fraction of sp³-hybridized carbons (Fsp3) is 0.692. The van der Waals surface area contributed by atoms with Gasteiger partial charge < -0.3 is 14.7 Å². The smallest absolute Gasteiger partial charge is 0.318 e. The average molecular weight is 251 g/mol. The summed E-state index contributed by atoms with van der Waals surface area (Å²) in [6.45, 7) is 7.52. The summed E-state index contributed by atoms with van der Waals surface area (Å²) in [5.41, 5.74) is 0.952. The maximum absolute atomic E-state index is 11.9. The van der Waals surface area contributed by atoms with Crippen molar-refractivity contribution in [3.05, 3.63) is 17.5 Å². The number of hydrogen-bond donors (Lipinski definition) is 1. The minimum atomic E-state index is -0.0116. The average Bonchev–Trinajstić information content (AvgIpc) is 2.98. The maximum atomic E-state index is 11.9. The largest absolute Gasteiger partial charge is 0.359 e. The summed E-state index contributed by atoms with van der Waals surface area (Å²) < 4.78 is 5.40. The molecule has 1 aliphatic heterocycles. The Hall–Kier alpha value is -1.52. The highest BCUT2D eigenvalue weighted by Crippen LogP contribution is 2.33. The van der Waals surface area contributed by atoms with Crippen LogP contribution in [0.15, 0.2) is 10.6 Å². The predicted molar refractivity (Wildman–Crippen MR) is 68.3 cm³/mol. The third-order valence-corrected chi connectivity index (χ3v) is 3.31. The second kappa shape index (κ2) is 5.42. The number of amides is 2. The number of carbonyl (C=O) groups is 1. The Morgan fingerprint density at radius 2 is 2.44 bits per heavy atom. The zero-order valence-corrected chi connectivity index (χ0v) is 11.3. The summed E-state index contributed by atoms with van der Waals surface area (Å²) in [7, 11) is 0. The molecule has 1 aliphatic rings. The van der Waals surface area contributed by atoms with Gasteiger partial charge in [0.1, 0.15) is 0 Å². The van der Waals surface area contributed by atoms with E-state index < -0.39 is 0 Å². The standard InChI is InChI=1S/C13H21N3O2/c1-4-14-13(17)16-7-5-6-11(16)12-8-10(9(2)3)15-18-12/h8-9,11H,4-7H2,1-3H3,(H,14,17)/t11-/m1/s1. The van der Waals surface area contributed by atoms with Gasteiger partial charge in [-0.05, 0) is 25.7 Å². The van der Waals surface area contributed by atoms with Crippen LogP contribution in [0.1, 0.15) is 57.0 Å². The fourth-order valence-corrected chi connectivity index (χ4v) is 2.29. The highest BCUT2D eigenvalue weighted by molar-refractivity contribution is 5.74. The number of nitrogens with zero attached hydrogens (tertiary/aromatic N) is 2. The molecule has 0 saturated carbocycles. The molecule has 0 spiro atoms. The Kier molecular flexibility index (Phi) is 3.89. The first kappa shape index (κ1) is 12.9. The summed E-state index contributed by atoms with van der Waals surface area (Å²) in [6.07, 6.45) is 1.96. The van der Waals surface area contributed by atoms with Crippen molar-refractivity contribution in [3.63, 3.8) is 0 Å². The van der Waals surface area contributed by atoms with E-state index in [4.69, 9.17) is 4.52 Å². The lowest BCUT2D eigenvalue weighted by Gasteiger charge is -2.22. The number of rotatable bonds is 3. The molecular formula is C13H21N3O2. The van der Waals surface area contributed by atoms with Crippen molar-refractivity contribution in [2.45, 2.75) is 45.6 Å². The quantitative estimate of drug-likeness (QED) is 0.898. The van der Waals surface area contributed by atoms with Crippen LogP contribution in [0.4, 0.5) is 4.79 Å². The lowest BCUT2D eigenvalue weighted by Crippen LogP contribution is -2.39. The highest BCUT2D eigenvalue weighted by atomic mass is 16.5. The minimum Gasteiger partial charge on any atom is -0.359 e. The molecule has 0 radical (unpaired) electrons. The molecule has 0 bridgehead atoms. The van der Waals surface area contributed by atoms with Crippen LogP contribution >= 0.6 is 0 Å². The first-order valence-corrected chi connectivity index (χ1v) is 6.64. The van der Waals surface area contributed by atoms with E-state index in [-0.39, 0.29) is 12.1 Å². The summed E-state index contributed by atoms with van der Waals surface area (Å²) in [5, 5.41) is 6.91. The first-order chi connectivity index (χ1) is 8.63. The van der Waals surface area contributed by atoms with Crippen molar-refractivity contribution in [3.8, 4) is 0 Å². The molecule has 1 saturated heterocycles. The minimum absolute atomic E-state index is 0.0116. The Balaban J connectivity index is 2.12. The highest BCUT2D eigenvalue weighted by Gasteiger charge is 2.32. The van der Waals surface area contributed by atoms with E-state index in [0.717, 1.165) is 30.8 Å². The molecule has 0 aliphatic carbocycles. The molecule has 5 nitrogen and oxygen atoms in total. The molecular weight excluding hydrogens is 230 g/mol. The van der Waals surface area contributed by atoms with Gasteiger partial charge in [0, 0.05) is 19.2 Å². The van der Waals surface area contributed by atoms with Gasteiger partial charge in [0.15, 0.2) is 5.76 Å². The van der Waals surface area contributed by atoms with Crippen molar-refractivity contribution in [1.29, 1.82) is 0 Å². The molecule has 2 rings (SSSR count). The van der Waals surface area contributed by atoms with Gasteiger partial charge in [-0.3, -0.25) is 0 Å². The fourth-order valence-electron chi connectivity index (χ4n) is 2.29. The molecule has 1 fully saturated rings. The van der Waals surface area contributed by atoms with Crippen molar-refractivity contribution >= 4 is 6.03 Å². The van der Waals surface area contributed by atoms with E-state index in [1.54, 1.807) is 0 Å². The van der Waals surface area contributed by atoms with Crippen LogP contribution in [-0.4, -0.2) is 29.2 Å². The van der Waals surface area contributed by atoms with Gasteiger partial charge in [-0.2, -0.15) is 0 Å². The molecule has 1 N–H and O–H groups in total. The van der Waals surface area contributed by atoms with E-state index in [9.17, 15) is 4.79 Å². The third-order valence-electron chi connectivity index (χ3n) is 3.31. The zero-order valence-electron chi connectivity index (χ0n) is 11.3. The molecule has 2 heterocycles. The molecule has 1 aromatic heterocycles. The summed E-state index contributed by atoms with van der Waals surface area (Å²) >= 11 is 0. The summed E-state index contributed by atoms with van der Waals surface area (Å²) in [5.74, 6) is 1.16. The van der Waals surface area contributed by atoms with Gasteiger partial charge in [-0.15, -0.1) is 0 Å². The van der Waals surface area contributed by atoms with E-state index in [0.29, 0.717) is 12.5 Å². The van der Waals surface area contributed by atoms with Crippen molar-refractivity contribution in [1.82, 2.24) is 15.4 Å². The lowest BCUT2D eigenvalue weighted by atomic mass is 10.1. The first-order valence-electron chi connectivity index (χ1n) is 6.64. The van der Waals surface area contributed by atoms with E-state index in [2.05, 4.69) is 24.3 Å². The summed E-state index contributed by atoms with van der Waals surface area (Å²) in [4.78, 5) is 13.8. The van der Waals surface area contributed by atoms with Crippen LogP contribution in [0.2, 0.25) is 0 Å². The molecule has 2 amide bonds. The molecule has 5 heteroatoms. The molecule has 1 atom stereocenters. The Labute approximate surface area is 108 Å². The van der Waals surface area contributed by atoms with Gasteiger partial charge in [-0.1, -0.05) is 19.0 Å². The second-order valence-electron chi connectivity index (χ2n) is 5.00. The van der Waals surface area contributed by atoms with Crippen LogP contribution < -0.4 is 5.32 Å². The van der Waals surface area contributed by atoms with Gasteiger partial charge in [0.05, 0.1) is 11.7 Å². The van der Waals surface area contributed by atoms with E-state index in [1.165, 1.54) is 0 Å². The van der Waals surface area contributed by atoms with Crippen LogP contribution in [0.25, 0.3) is 0 Å². The lowest BCUT2D eigenvalue weighted by molar-refractivity contribution is 0.183. The van der Waals surface area contributed by atoms with Crippen LogP contribution in [0.3, 0.4) is 0 Å². The number of carbonyl (C=O) groups excluding carboxylic acids is 1. The van der Waals surface area contributed by atoms with Crippen molar-refractivity contribution in [2.75, 3.05) is 13.1 Å². The van der Waals surface area contributed by atoms with Crippen molar-refractivity contribution < 1.29 is 9.32 Å².